The van der Waals surface area contributed by atoms with Crippen molar-refractivity contribution < 1.29 is 19.4 Å². The number of carbonyl (C=O) groups is 2. The number of hydrogen-bond acceptors (Lipinski definition) is 4. The lowest BCUT2D eigenvalue weighted by molar-refractivity contribution is -0.137. The smallest absolute Gasteiger partial charge is 0.405 e. The minimum absolute atomic E-state index is 0.202. The second kappa shape index (κ2) is 5.36. The second-order valence-corrected chi connectivity index (χ2v) is 6.53. The molecule has 2 amide bonds. The van der Waals surface area contributed by atoms with Gasteiger partial charge < -0.3 is 20.9 Å². The maximum atomic E-state index is 11.9. The molecule has 1 aliphatic carbocycles. The van der Waals surface area contributed by atoms with Gasteiger partial charge in [-0.15, -0.1) is 0 Å². The number of amides is 2. The molecular weight excluding hydrogens is 248 g/mol. The fraction of sp³-hybridized carbons (Fsp3) is 0.846. The Bertz CT molecular complexity index is 362. The summed E-state index contributed by atoms with van der Waals surface area (Å²) in [4.78, 5) is 22.7. The van der Waals surface area contributed by atoms with Crippen molar-refractivity contribution in [2.75, 3.05) is 0 Å². The van der Waals surface area contributed by atoms with E-state index in [0.29, 0.717) is 6.42 Å². The predicted octanol–water partition coefficient (Wildman–Crippen LogP) is 0.916. The Morgan fingerprint density at radius 1 is 1.37 bits per heavy atom. The van der Waals surface area contributed by atoms with Gasteiger partial charge in [0.15, 0.2) is 0 Å². The quantitative estimate of drug-likeness (QED) is 0.669. The minimum Gasteiger partial charge on any atom is -0.444 e. The van der Waals surface area contributed by atoms with Gasteiger partial charge in [0.25, 0.3) is 0 Å². The van der Waals surface area contributed by atoms with E-state index in [1.54, 1.807) is 27.7 Å². The highest BCUT2D eigenvalue weighted by atomic mass is 16.6. The molecule has 19 heavy (non-hydrogen) atoms. The van der Waals surface area contributed by atoms with Crippen molar-refractivity contribution in [3.05, 3.63) is 0 Å². The Morgan fingerprint density at radius 2 is 1.89 bits per heavy atom. The molecule has 1 rings (SSSR count). The molecule has 0 aliphatic heterocycles. The lowest BCUT2D eigenvalue weighted by Gasteiger charge is -2.36. The maximum Gasteiger partial charge on any atom is 0.405 e. The molecule has 1 unspecified atom stereocenters. The number of nitrogens with two attached hydrogens (primary N) is 1. The molecule has 6 nitrogen and oxygen atoms in total. The fourth-order valence-electron chi connectivity index (χ4n) is 2.36. The molecule has 0 aromatic rings. The number of aliphatic hydroxyl groups is 1. The first kappa shape index (κ1) is 15.8. The molecule has 0 heterocycles. The fourth-order valence-corrected chi connectivity index (χ4v) is 2.36. The van der Waals surface area contributed by atoms with Crippen LogP contribution in [-0.2, 0) is 9.53 Å². The van der Waals surface area contributed by atoms with Crippen LogP contribution in [0.4, 0.5) is 4.79 Å². The number of hydrogen-bond donors (Lipinski definition) is 3. The van der Waals surface area contributed by atoms with E-state index in [1.165, 1.54) is 0 Å². The van der Waals surface area contributed by atoms with E-state index in [2.05, 4.69) is 5.32 Å². The molecule has 4 N–H and O–H groups in total. The third kappa shape index (κ3) is 5.06. The van der Waals surface area contributed by atoms with Gasteiger partial charge in [-0.2, -0.15) is 0 Å². The molecule has 0 aromatic heterocycles. The number of ether oxygens (including phenoxy) is 1. The van der Waals surface area contributed by atoms with Crippen LogP contribution >= 0.6 is 0 Å². The van der Waals surface area contributed by atoms with Crippen molar-refractivity contribution in [1.29, 1.82) is 0 Å². The minimum atomic E-state index is -1.15. The average molecular weight is 272 g/mol. The van der Waals surface area contributed by atoms with Crippen LogP contribution in [-0.4, -0.2) is 34.9 Å². The third-order valence-electron chi connectivity index (χ3n) is 3.17. The molecule has 1 aliphatic rings. The van der Waals surface area contributed by atoms with Crippen LogP contribution in [0.3, 0.4) is 0 Å². The van der Waals surface area contributed by atoms with Crippen LogP contribution in [0.1, 0.15) is 47.0 Å². The number of primary amides is 1. The van der Waals surface area contributed by atoms with Crippen molar-refractivity contribution in [3.8, 4) is 0 Å². The van der Waals surface area contributed by atoms with Gasteiger partial charge in [-0.05, 0) is 33.1 Å². The summed E-state index contributed by atoms with van der Waals surface area (Å²) >= 11 is 0. The Hall–Kier alpha value is -1.30. The molecule has 0 spiro atoms. The number of aliphatic hydroxyl groups excluding tert-OH is 1. The van der Waals surface area contributed by atoms with Crippen LogP contribution in [0.5, 0.6) is 0 Å². The molecule has 6 heteroatoms. The van der Waals surface area contributed by atoms with Crippen molar-refractivity contribution >= 4 is 12.0 Å². The van der Waals surface area contributed by atoms with Gasteiger partial charge in [0, 0.05) is 11.5 Å². The predicted molar refractivity (Wildman–Crippen MR) is 70.3 cm³/mol. The van der Waals surface area contributed by atoms with Crippen LogP contribution in [0.15, 0.2) is 0 Å². The highest BCUT2D eigenvalue weighted by Gasteiger charge is 2.41. The Labute approximate surface area is 113 Å². The van der Waals surface area contributed by atoms with E-state index in [0.717, 1.165) is 12.8 Å². The number of carbonyl (C=O) groups excluding carboxylic acids is 2. The SMILES string of the molecule is CC(C)(CC(C)(C)C(O)C(=O)NC1CC1)OC(N)=O. The van der Waals surface area contributed by atoms with Crippen molar-refractivity contribution in [2.24, 2.45) is 11.1 Å². The van der Waals surface area contributed by atoms with E-state index in [4.69, 9.17) is 10.5 Å². The highest BCUT2D eigenvalue weighted by molar-refractivity contribution is 5.81. The second-order valence-electron chi connectivity index (χ2n) is 6.53. The molecule has 0 bridgehead atoms. The van der Waals surface area contributed by atoms with Gasteiger partial charge in [-0.1, -0.05) is 13.8 Å². The van der Waals surface area contributed by atoms with E-state index < -0.39 is 23.2 Å². The zero-order valence-corrected chi connectivity index (χ0v) is 12.0. The lowest BCUT2D eigenvalue weighted by Crippen LogP contribution is -2.48. The molecular formula is C13H24N2O4. The van der Waals surface area contributed by atoms with E-state index in [9.17, 15) is 14.7 Å². The number of nitrogens with one attached hydrogen (secondary N) is 1. The van der Waals surface area contributed by atoms with Crippen LogP contribution in [0.2, 0.25) is 0 Å². The summed E-state index contributed by atoms with van der Waals surface area (Å²) in [6.07, 6.45) is 0.244. The largest absolute Gasteiger partial charge is 0.444 e. The van der Waals surface area contributed by atoms with E-state index in [1.807, 2.05) is 0 Å². The van der Waals surface area contributed by atoms with Gasteiger partial charge in [-0.25, -0.2) is 4.79 Å². The summed E-state index contributed by atoms with van der Waals surface area (Å²) in [7, 11) is 0. The van der Waals surface area contributed by atoms with Gasteiger partial charge in [0.05, 0.1) is 0 Å². The molecule has 1 saturated carbocycles. The zero-order valence-electron chi connectivity index (χ0n) is 12.0. The summed E-state index contributed by atoms with van der Waals surface area (Å²) < 4.78 is 4.99. The van der Waals surface area contributed by atoms with Gasteiger partial charge in [0.1, 0.15) is 11.7 Å². The molecule has 0 aromatic carbocycles. The standard InChI is InChI=1S/C13H24N2O4/c1-12(2,7-13(3,4)19-11(14)18)9(16)10(17)15-8-5-6-8/h8-9,16H,5-7H2,1-4H3,(H2,14,18)(H,15,17). The Balaban J connectivity index is 2.61. The summed E-state index contributed by atoms with van der Waals surface area (Å²) in [6, 6.07) is 0.202. The third-order valence-corrected chi connectivity index (χ3v) is 3.17. The van der Waals surface area contributed by atoms with E-state index in [-0.39, 0.29) is 11.9 Å². The first-order valence-corrected chi connectivity index (χ1v) is 6.50. The topological polar surface area (TPSA) is 102 Å². The molecule has 1 fully saturated rings. The lowest BCUT2D eigenvalue weighted by atomic mass is 9.77. The zero-order chi connectivity index (χ0) is 14.8. The van der Waals surface area contributed by atoms with Gasteiger partial charge in [0.2, 0.25) is 5.91 Å². The number of rotatable bonds is 6. The Kier molecular flexibility index (Phi) is 4.45. The summed E-state index contributed by atoms with van der Waals surface area (Å²) in [5.41, 5.74) is 3.44. The van der Waals surface area contributed by atoms with Gasteiger partial charge >= 0.3 is 6.09 Å². The van der Waals surface area contributed by atoms with Gasteiger partial charge in [-0.3, -0.25) is 4.79 Å². The Morgan fingerprint density at radius 3 is 2.32 bits per heavy atom. The van der Waals surface area contributed by atoms with Crippen molar-refractivity contribution in [3.63, 3.8) is 0 Å². The maximum absolute atomic E-state index is 11.9. The first-order chi connectivity index (χ1) is 8.53. The van der Waals surface area contributed by atoms with E-state index >= 15 is 0 Å². The molecule has 0 saturated heterocycles. The first-order valence-electron chi connectivity index (χ1n) is 6.50. The van der Waals surface area contributed by atoms with Crippen molar-refractivity contribution in [2.45, 2.75) is 64.7 Å². The van der Waals surface area contributed by atoms with Crippen LogP contribution in [0.25, 0.3) is 0 Å². The van der Waals surface area contributed by atoms with Crippen LogP contribution in [0, 0.1) is 5.41 Å². The molecule has 0 radical (unpaired) electrons. The summed E-state index contributed by atoms with van der Waals surface area (Å²) in [6.45, 7) is 6.92. The molecule has 110 valence electrons. The van der Waals surface area contributed by atoms with Crippen molar-refractivity contribution in [1.82, 2.24) is 5.32 Å². The molecule has 1 atom stereocenters. The summed E-state index contributed by atoms with van der Waals surface area (Å²) in [5.74, 6) is -0.373. The highest BCUT2D eigenvalue weighted by Crippen LogP contribution is 2.34. The average Bonchev–Trinajstić information content (AvgIpc) is 2.96. The monoisotopic (exact) mass is 272 g/mol. The normalized spacial score (nSPS) is 17.7. The van der Waals surface area contributed by atoms with Crippen LogP contribution < -0.4 is 11.1 Å². The summed E-state index contributed by atoms with van der Waals surface area (Å²) in [5, 5.41) is 12.9.